The minimum Gasteiger partial charge on any atom is -0.507 e. The van der Waals surface area contributed by atoms with Crippen LogP contribution >= 0.6 is 0 Å². The molecule has 0 aromatic heterocycles. The second-order valence-corrected chi connectivity index (χ2v) is 5.76. The Hall–Kier alpha value is -3.08. The largest absolute Gasteiger partial charge is 0.507 e. The number of para-hydroxylation sites is 2. The Morgan fingerprint density at radius 3 is 2.76 bits per heavy atom. The first-order valence-electron chi connectivity index (χ1n) is 8.09. The Morgan fingerprint density at radius 1 is 1.28 bits per heavy atom. The number of phenols is 1. The van der Waals surface area contributed by atoms with Gasteiger partial charge >= 0.3 is 0 Å². The van der Waals surface area contributed by atoms with Gasteiger partial charge in [-0.15, -0.1) is 6.58 Å². The summed E-state index contributed by atoms with van der Waals surface area (Å²) in [6, 6.07) is 12.7. The van der Waals surface area contributed by atoms with Gasteiger partial charge in [-0.1, -0.05) is 36.4 Å². The molecule has 2 aromatic rings. The lowest BCUT2D eigenvalue weighted by Crippen LogP contribution is -2.35. The number of phenolic OH excluding ortho intramolecular Hbond substituents is 1. The quantitative estimate of drug-likeness (QED) is 0.412. The molecule has 2 rings (SSSR count). The highest BCUT2D eigenvalue weighted by Crippen LogP contribution is 2.21. The van der Waals surface area contributed by atoms with E-state index in [1.807, 2.05) is 43.3 Å². The van der Waals surface area contributed by atoms with Crippen LogP contribution in [-0.2, 0) is 11.2 Å². The second-order valence-electron chi connectivity index (χ2n) is 5.76. The van der Waals surface area contributed by atoms with Crippen molar-refractivity contribution in [1.82, 2.24) is 5.43 Å². The second kappa shape index (κ2) is 8.68. The summed E-state index contributed by atoms with van der Waals surface area (Å²) >= 11 is 0. The number of hydrogen-bond acceptors (Lipinski definition) is 4. The van der Waals surface area contributed by atoms with E-state index in [1.165, 1.54) is 6.21 Å². The van der Waals surface area contributed by atoms with Crippen molar-refractivity contribution in [3.8, 4) is 5.75 Å². The van der Waals surface area contributed by atoms with Crippen molar-refractivity contribution in [3.05, 3.63) is 71.8 Å². The third-order valence-corrected chi connectivity index (χ3v) is 3.80. The van der Waals surface area contributed by atoms with Gasteiger partial charge in [-0.05, 0) is 43.5 Å². The fourth-order valence-electron chi connectivity index (χ4n) is 2.33. The fourth-order valence-corrected chi connectivity index (χ4v) is 2.33. The SMILES string of the molecule is C=CCc1cccc(/C=N\NC(=O)[C@H](C)Nc2ccccc2C)c1O. The first-order valence-corrected chi connectivity index (χ1v) is 8.09. The van der Waals surface area contributed by atoms with Gasteiger partial charge in [-0.25, -0.2) is 5.43 Å². The predicted octanol–water partition coefficient (Wildman–Crippen LogP) is 3.38. The summed E-state index contributed by atoms with van der Waals surface area (Å²) in [4.78, 5) is 12.1. The molecule has 5 heteroatoms. The lowest BCUT2D eigenvalue weighted by molar-refractivity contribution is -0.121. The van der Waals surface area contributed by atoms with Crippen LogP contribution in [0.1, 0.15) is 23.6 Å². The van der Waals surface area contributed by atoms with Crippen molar-refractivity contribution in [2.24, 2.45) is 5.10 Å². The van der Waals surface area contributed by atoms with Crippen molar-refractivity contribution < 1.29 is 9.90 Å². The maximum Gasteiger partial charge on any atom is 0.262 e. The van der Waals surface area contributed by atoms with E-state index in [0.717, 1.165) is 16.8 Å². The number of anilines is 1. The number of carbonyl (C=O) groups is 1. The van der Waals surface area contributed by atoms with Gasteiger partial charge in [0.15, 0.2) is 0 Å². The van der Waals surface area contributed by atoms with Crippen molar-refractivity contribution in [1.29, 1.82) is 0 Å². The smallest absolute Gasteiger partial charge is 0.262 e. The number of allylic oxidation sites excluding steroid dienone is 1. The van der Waals surface area contributed by atoms with Crippen LogP contribution in [0.25, 0.3) is 0 Å². The first kappa shape index (κ1) is 18.3. The molecule has 0 radical (unpaired) electrons. The van der Waals surface area contributed by atoms with Gasteiger partial charge < -0.3 is 10.4 Å². The average molecular weight is 337 g/mol. The van der Waals surface area contributed by atoms with Crippen LogP contribution < -0.4 is 10.7 Å². The minimum absolute atomic E-state index is 0.145. The summed E-state index contributed by atoms with van der Waals surface area (Å²) in [5.74, 6) is -0.118. The maximum absolute atomic E-state index is 12.1. The van der Waals surface area contributed by atoms with E-state index in [1.54, 1.807) is 19.1 Å². The summed E-state index contributed by atoms with van der Waals surface area (Å²) < 4.78 is 0. The Morgan fingerprint density at radius 2 is 2.04 bits per heavy atom. The number of carbonyl (C=O) groups excluding carboxylic acids is 1. The van der Waals surface area contributed by atoms with Gasteiger partial charge in [0.05, 0.1) is 6.21 Å². The molecule has 0 unspecified atom stereocenters. The van der Waals surface area contributed by atoms with E-state index in [-0.39, 0.29) is 11.7 Å². The number of aromatic hydroxyl groups is 1. The molecule has 2 aromatic carbocycles. The summed E-state index contributed by atoms with van der Waals surface area (Å²) in [5.41, 5.74) is 5.76. The van der Waals surface area contributed by atoms with E-state index in [2.05, 4.69) is 22.4 Å². The van der Waals surface area contributed by atoms with Crippen LogP contribution in [0.4, 0.5) is 5.69 Å². The number of nitrogens with one attached hydrogen (secondary N) is 2. The van der Waals surface area contributed by atoms with E-state index < -0.39 is 6.04 Å². The molecule has 5 nitrogen and oxygen atoms in total. The van der Waals surface area contributed by atoms with Crippen molar-refractivity contribution in [2.45, 2.75) is 26.3 Å². The highest BCUT2D eigenvalue weighted by molar-refractivity contribution is 5.88. The lowest BCUT2D eigenvalue weighted by Gasteiger charge is -2.15. The molecule has 0 aliphatic carbocycles. The normalized spacial score (nSPS) is 11.9. The number of benzene rings is 2. The van der Waals surface area contributed by atoms with Crippen LogP contribution in [0.5, 0.6) is 5.75 Å². The Labute approximate surface area is 148 Å². The number of nitrogens with zero attached hydrogens (tertiary/aromatic N) is 1. The molecule has 0 bridgehead atoms. The highest BCUT2D eigenvalue weighted by Gasteiger charge is 2.12. The Kier molecular flexibility index (Phi) is 6.34. The van der Waals surface area contributed by atoms with Crippen LogP contribution in [0.3, 0.4) is 0 Å². The Balaban J connectivity index is 1.97. The number of rotatable bonds is 7. The number of hydrogen-bond donors (Lipinski definition) is 3. The highest BCUT2D eigenvalue weighted by atomic mass is 16.3. The summed E-state index contributed by atoms with van der Waals surface area (Å²) in [7, 11) is 0. The van der Waals surface area contributed by atoms with Crippen molar-refractivity contribution in [2.75, 3.05) is 5.32 Å². The average Bonchev–Trinajstić information content (AvgIpc) is 2.60. The molecule has 0 spiro atoms. The van der Waals surface area contributed by atoms with Crippen LogP contribution in [0.15, 0.2) is 60.2 Å². The molecular weight excluding hydrogens is 314 g/mol. The van der Waals surface area contributed by atoms with Crippen molar-refractivity contribution >= 4 is 17.8 Å². The van der Waals surface area contributed by atoms with Gasteiger partial charge in [0.2, 0.25) is 0 Å². The third-order valence-electron chi connectivity index (χ3n) is 3.80. The zero-order valence-corrected chi connectivity index (χ0v) is 14.5. The molecule has 0 saturated heterocycles. The van der Waals surface area contributed by atoms with Gasteiger partial charge in [0.25, 0.3) is 5.91 Å². The molecule has 0 aliphatic heterocycles. The maximum atomic E-state index is 12.1. The predicted molar refractivity (Wildman–Crippen MR) is 102 cm³/mol. The fraction of sp³-hybridized carbons (Fsp3) is 0.200. The van der Waals surface area contributed by atoms with E-state index >= 15 is 0 Å². The van der Waals surface area contributed by atoms with Gasteiger partial charge in [-0.2, -0.15) is 5.10 Å². The topological polar surface area (TPSA) is 73.7 Å². The molecule has 130 valence electrons. The van der Waals surface area contributed by atoms with Crippen LogP contribution in [0, 0.1) is 6.92 Å². The Bertz CT molecular complexity index is 784. The minimum atomic E-state index is -0.445. The standard InChI is InChI=1S/C20H23N3O2/c1-4-8-16-10-7-11-17(19(16)24)13-21-23-20(25)15(3)22-18-12-6-5-9-14(18)2/h4-7,9-13,15,22,24H,1,8H2,2-3H3,(H,23,25)/b21-13-/t15-/m0/s1. The molecular formula is C20H23N3O2. The van der Waals surface area contributed by atoms with Gasteiger partial charge in [-0.3, -0.25) is 4.79 Å². The third kappa shape index (κ3) is 4.94. The summed E-state index contributed by atoms with van der Waals surface area (Å²) in [5, 5.41) is 17.2. The molecule has 0 heterocycles. The monoisotopic (exact) mass is 337 g/mol. The molecule has 0 saturated carbocycles. The van der Waals surface area contributed by atoms with Gasteiger partial charge in [0.1, 0.15) is 11.8 Å². The van der Waals surface area contributed by atoms with Crippen LogP contribution in [0.2, 0.25) is 0 Å². The van der Waals surface area contributed by atoms with E-state index in [4.69, 9.17) is 0 Å². The molecule has 0 aliphatic rings. The number of aryl methyl sites for hydroxylation is 1. The number of hydrazone groups is 1. The zero-order chi connectivity index (χ0) is 18.2. The lowest BCUT2D eigenvalue weighted by atomic mass is 10.1. The number of amides is 1. The van der Waals surface area contributed by atoms with Crippen molar-refractivity contribution in [3.63, 3.8) is 0 Å². The van der Waals surface area contributed by atoms with Gasteiger partial charge in [0, 0.05) is 11.3 Å². The molecule has 1 atom stereocenters. The molecule has 0 fully saturated rings. The molecule has 1 amide bonds. The summed E-state index contributed by atoms with van der Waals surface area (Å²) in [6.07, 6.45) is 3.72. The summed E-state index contributed by atoms with van der Waals surface area (Å²) in [6.45, 7) is 7.40. The first-order chi connectivity index (χ1) is 12.0. The molecule has 25 heavy (non-hydrogen) atoms. The van der Waals surface area contributed by atoms with Crippen LogP contribution in [-0.4, -0.2) is 23.3 Å². The van der Waals surface area contributed by atoms with E-state index in [0.29, 0.717) is 12.0 Å². The molecule has 3 N–H and O–H groups in total. The van der Waals surface area contributed by atoms with E-state index in [9.17, 15) is 9.90 Å². The zero-order valence-electron chi connectivity index (χ0n) is 14.5.